The molecule has 0 bridgehead atoms. The number of likely N-dealkylation sites (N-methyl/N-ethyl adjacent to an activating group) is 2. The van der Waals surface area contributed by atoms with Crippen LogP contribution in [0, 0.1) is 0 Å². The van der Waals surface area contributed by atoms with Gasteiger partial charge in [0.2, 0.25) is 5.91 Å². The van der Waals surface area contributed by atoms with E-state index in [1.807, 2.05) is 18.2 Å². The molecule has 1 aliphatic rings. The fourth-order valence-electron chi connectivity index (χ4n) is 2.99. The number of halogens is 1. The minimum absolute atomic E-state index is 0.0651. The number of furan rings is 1. The van der Waals surface area contributed by atoms with Crippen LogP contribution in [0.2, 0.25) is 5.02 Å². The number of nitrogens with zero attached hydrogens (tertiary/aromatic N) is 4. The molecular weight excluding hydrogens is 380 g/mol. The summed E-state index contributed by atoms with van der Waals surface area (Å²) in [7, 11) is 5.11. The van der Waals surface area contributed by atoms with Crippen molar-refractivity contribution in [2.45, 2.75) is 12.5 Å². The van der Waals surface area contributed by atoms with E-state index in [-0.39, 0.29) is 30.9 Å². The second kappa shape index (κ2) is 8.58. The van der Waals surface area contributed by atoms with E-state index in [4.69, 9.17) is 16.0 Å². The van der Waals surface area contributed by atoms with E-state index in [1.165, 1.54) is 9.91 Å². The molecule has 2 heterocycles. The number of hydrogen-bond acceptors (Lipinski definition) is 5. The molecule has 2 aromatic rings. The lowest BCUT2D eigenvalue weighted by Crippen LogP contribution is -2.41. The van der Waals surface area contributed by atoms with Crippen molar-refractivity contribution >= 4 is 29.1 Å². The Kier molecular flexibility index (Phi) is 6.16. The molecule has 1 atom stereocenters. The Labute approximate surface area is 169 Å². The van der Waals surface area contributed by atoms with E-state index >= 15 is 0 Å². The summed E-state index contributed by atoms with van der Waals surface area (Å²) in [5, 5.41) is 6.67. The molecule has 0 radical (unpaired) electrons. The molecule has 8 heteroatoms. The summed E-state index contributed by atoms with van der Waals surface area (Å²) in [4.78, 5) is 28.0. The molecular formula is C20H23ClN4O3. The lowest BCUT2D eigenvalue weighted by Gasteiger charge is -2.23. The largest absolute Gasteiger partial charge is 0.467 e. The topological polar surface area (TPSA) is 69.4 Å². The molecule has 1 aromatic carbocycles. The van der Waals surface area contributed by atoms with Gasteiger partial charge in [-0.15, -0.1) is 0 Å². The number of hydrazone groups is 1. The number of carbonyl (C=O) groups excluding carboxylic acids is 2. The second-order valence-electron chi connectivity index (χ2n) is 6.99. The highest BCUT2D eigenvalue weighted by molar-refractivity contribution is 6.30. The van der Waals surface area contributed by atoms with Gasteiger partial charge in [0.25, 0.3) is 5.91 Å². The van der Waals surface area contributed by atoms with Crippen LogP contribution in [0.5, 0.6) is 0 Å². The van der Waals surface area contributed by atoms with Gasteiger partial charge in [0, 0.05) is 25.5 Å². The summed E-state index contributed by atoms with van der Waals surface area (Å²) in [6.07, 6.45) is 2.13. The zero-order chi connectivity index (χ0) is 20.3. The average Bonchev–Trinajstić information content (AvgIpc) is 3.31. The first-order valence-corrected chi connectivity index (χ1v) is 9.30. The minimum Gasteiger partial charge on any atom is -0.467 e. The smallest absolute Gasteiger partial charge is 0.257 e. The minimum atomic E-state index is -0.314. The maximum Gasteiger partial charge on any atom is 0.257 e. The maximum atomic E-state index is 12.9. The monoisotopic (exact) mass is 402 g/mol. The van der Waals surface area contributed by atoms with Gasteiger partial charge in [-0.25, -0.2) is 5.01 Å². The first-order chi connectivity index (χ1) is 13.3. The van der Waals surface area contributed by atoms with Crippen molar-refractivity contribution in [2.75, 3.05) is 34.2 Å². The van der Waals surface area contributed by atoms with Gasteiger partial charge in [-0.2, -0.15) is 5.10 Å². The summed E-state index contributed by atoms with van der Waals surface area (Å²) < 4.78 is 5.54. The van der Waals surface area contributed by atoms with Crippen LogP contribution in [0.25, 0.3) is 0 Å². The molecule has 3 rings (SSSR count). The van der Waals surface area contributed by atoms with E-state index in [0.717, 1.165) is 11.3 Å². The Morgan fingerprint density at radius 2 is 1.89 bits per heavy atom. The maximum absolute atomic E-state index is 12.9. The Morgan fingerprint density at radius 1 is 1.18 bits per heavy atom. The van der Waals surface area contributed by atoms with Crippen LogP contribution in [-0.4, -0.2) is 66.6 Å². The first-order valence-electron chi connectivity index (χ1n) is 8.92. The lowest BCUT2D eigenvalue weighted by molar-refractivity contribution is -0.135. The van der Waals surface area contributed by atoms with Crippen molar-refractivity contribution in [2.24, 2.45) is 5.10 Å². The fourth-order valence-corrected chi connectivity index (χ4v) is 3.12. The van der Waals surface area contributed by atoms with E-state index in [9.17, 15) is 9.59 Å². The van der Waals surface area contributed by atoms with Gasteiger partial charge in [-0.1, -0.05) is 23.7 Å². The third kappa shape index (κ3) is 4.61. The molecule has 0 N–H and O–H groups in total. The standard InChI is InChI=1S/C20H23ClN4O3/c1-23(2)19(26)12-24(3)13-20(27)25-17(18-5-4-10-28-18)11-16(22-25)14-6-8-15(21)9-7-14/h4-10,17H,11-13H2,1-3H3/t17-/m1/s1. The average molecular weight is 403 g/mol. The van der Waals surface area contributed by atoms with Crippen LogP contribution in [-0.2, 0) is 9.59 Å². The van der Waals surface area contributed by atoms with Gasteiger partial charge in [0.1, 0.15) is 11.8 Å². The van der Waals surface area contributed by atoms with Crippen molar-refractivity contribution in [1.82, 2.24) is 14.8 Å². The zero-order valence-electron chi connectivity index (χ0n) is 16.1. The van der Waals surface area contributed by atoms with Crippen molar-refractivity contribution in [3.05, 3.63) is 59.0 Å². The van der Waals surface area contributed by atoms with Crippen molar-refractivity contribution in [3.8, 4) is 0 Å². The molecule has 0 aliphatic carbocycles. The number of amides is 2. The lowest BCUT2D eigenvalue weighted by atomic mass is 10.0. The third-order valence-corrected chi connectivity index (χ3v) is 4.78. The van der Waals surface area contributed by atoms with E-state index in [2.05, 4.69) is 5.10 Å². The number of rotatable bonds is 6. The predicted octanol–water partition coefficient (Wildman–Crippen LogP) is 2.63. The van der Waals surface area contributed by atoms with Crippen molar-refractivity contribution < 1.29 is 14.0 Å². The molecule has 0 spiro atoms. The van der Waals surface area contributed by atoms with Gasteiger partial charge < -0.3 is 9.32 Å². The van der Waals surface area contributed by atoms with Crippen LogP contribution in [0.1, 0.15) is 23.8 Å². The highest BCUT2D eigenvalue weighted by Crippen LogP contribution is 2.33. The molecule has 1 aromatic heterocycles. The summed E-state index contributed by atoms with van der Waals surface area (Å²) >= 11 is 5.97. The van der Waals surface area contributed by atoms with Gasteiger partial charge in [0.05, 0.1) is 25.1 Å². The van der Waals surface area contributed by atoms with Crippen LogP contribution in [0.15, 0.2) is 52.2 Å². The Balaban J connectivity index is 1.78. The molecule has 0 fully saturated rings. The molecule has 2 amide bonds. The van der Waals surface area contributed by atoms with Gasteiger partial charge >= 0.3 is 0 Å². The highest BCUT2D eigenvalue weighted by Gasteiger charge is 2.35. The normalized spacial score (nSPS) is 16.4. The number of hydrogen-bond donors (Lipinski definition) is 0. The summed E-state index contributed by atoms with van der Waals surface area (Å²) in [5.41, 5.74) is 1.70. The van der Waals surface area contributed by atoms with Gasteiger partial charge in [-0.3, -0.25) is 14.5 Å². The number of carbonyl (C=O) groups is 2. The first kappa shape index (κ1) is 20.1. The number of benzene rings is 1. The Morgan fingerprint density at radius 3 is 2.50 bits per heavy atom. The molecule has 0 saturated heterocycles. The summed E-state index contributed by atoms with van der Waals surface area (Å²) in [6.45, 7) is 0.236. The van der Waals surface area contributed by atoms with Crippen molar-refractivity contribution in [3.63, 3.8) is 0 Å². The summed E-state index contributed by atoms with van der Waals surface area (Å²) in [6, 6.07) is 10.7. The molecule has 1 aliphatic heterocycles. The second-order valence-corrected chi connectivity index (χ2v) is 7.42. The van der Waals surface area contributed by atoms with Crippen LogP contribution < -0.4 is 0 Å². The van der Waals surface area contributed by atoms with Gasteiger partial charge in [-0.05, 0) is 36.9 Å². The highest BCUT2D eigenvalue weighted by atomic mass is 35.5. The Bertz CT molecular complexity index is 862. The molecule has 28 heavy (non-hydrogen) atoms. The van der Waals surface area contributed by atoms with Crippen molar-refractivity contribution in [1.29, 1.82) is 0 Å². The molecule has 0 saturated carbocycles. The molecule has 7 nitrogen and oxygen atoms in total. The van der Waals surface area contributed by atoms with E-state index in [1.54, 1.807) is 50.5 Å². The third-order valence-electron chi connectivity index (χ3n) is 4.52. The van der Waals surface area contributed by atoms with E-state index < -0.39 is 0 Å². The fraction of sp³-hybridized carbons (Fsp3) is 0.350. The predicted molar refractivity (Wildman–Crippen MR) is 107 cm³/mol. The summed E-state index contributed by atoms with van der Waals surface area (Å²) in [5.74, 6) is 0.414. The molecule has 0 unspecified atom stereocenters. The zero-order valence-corrected chi connectivity index (χ0v) is 16.9. The quantitative estimate of drug-likeness (QED) is 0.744. The van der Waals surface area contributed by atoms with Gasteiger partial charge in [0.15, 0.2) is 0 Å². The molecule has 148 valence electrons. The van der Waals surface area contributed by atoms with Crippen LogP contribution >= 0.6 is 11.6 Å². The SMILES string of the molecule is CN(CC(=O)N(C)C)CC(=O)N1N=C(c2ccc(Cl)cc2)C[C@@H]1c1ccco1. The van der Waals surface area contributed by atoms with Crippen LogP contribution in [0.4, 0.5) is 0 Å². The van der Waals surface area contributed by atoms with E-state index in [0.29, 0.717) is 17.2 Å². The Hall–Kier alpha value is -2.64. The van der Waals surface area contributed by atoms with Crippen LogP contribution in [0.3, 0.4) is 0 Å².